The van der Waals surface area contributed by atoms with Gasteiger partial charge in [-0.1, -0.05) is 25.1 Å². The van der Waals surface area contributed by atoms with Crippen LogP contribution in [-0.2, 0) is 9.53 Å². The second-order valence-electron chi connectivity index (χ2n) is 8.52. The summed E-state index contributed by atoms with van der Waals surface area (Å²) in [6.07, 6.45) is 7.02. The van der Waals surface area contributed by atoms with Crippen LogP contribution in [0.5, 0.6) is 0 Å². The number of nitrogens with zero attached hydrogens (tertiary/aromatic N) is 2. The van der Waals surface area contributed by atoms with Crippen LogP contribution in [0.15, 0.2) is 48.8 Å². The number of hydrogen-bond acceptors (Lipinski definition) is 5. The SMILES string of the molecule is C[C@@H]1/C=C\C[C@H](NC(=O)OC(C)(C)C)c2cncc(c2)-c2ccc(C#N)cc2NC1=O. The van der Waals surface area contributed by atoms with Crippen LogP contribution < -0.4 is 10.6 Å². The Morgan fingerprint density at radius 2 is 2.06 bits per heavy atom. The zero-order chi connectivity index (χ0) is 22.6. The van der Waals surface area contributed by atoms with Crippen LogP contribution in [0, 0.1) is 17.2 Å². The lowest BCUT2D eigenvalue weighted by molar-refractivity contribution is -0.118. The summed E-state index contributed by atoms with van der Waals surface area (Å²) in [5.41, 5.74) is 2.70. The van der Waals surface area contributed by atoms with Gasteiger partial charge in [-0.05, 0) is 51.0 Å². The van der Waals surface area contributed by atoms with Crippen molar-refractivity contribution in [2.45, 2.75) is 45.8 Å². The molecule has 0 spiro atoms. The van der Waals surface area contributed by atoms with Crippen molar-refractivity contribution in [1.29, 1.82) is 5.26 Å². The average molecular weight is 418 g/mol. The Hall–Kier alpha value is -3.66. The first kappa shape index (κ1) is 22.0. The standard InChI is InChI=1S/C24H26N4O3/c1-15-6-5-7-20(28-23(30)31-24(2,3)4)18-11-17(13-26-14-18)19-9-8-16(12-25)10-21(19)27-22(15)29/h5-6,8-11,13-15,20H,7H2,1-4H3,(H,27,29)(H,28,30)/b6-5-/t15-,20+/m1/s1. The topological polar surface area (TPSA) is 104 Å². The molecule has 3 rings (SSSR count). The number of anilines is 1. The molecule has 2 aromatic rings. The van der Waals surface area contributed by atoms with Crippen LogP contribution in [-0.4, -0.2) is 22.6 Å². The minimum Gasteiger partial charge on any atom is -0.444 e. The second kappa shape index (κ2) is 9.00. The third kappa shape index (κ3) is 5.70. The zero-order valence-electron chi connectivity index (χ0n) is 18.1. The molecule has 7 heteroatoms. The minimum absolute atomic E-state index is 0.186. The lowest BCUT2D eigenvalue weighted by Crippen LogP contribution is -2.35. The van der Waals surface area contributed by atoms with E-state index in [1.165, 1.54) is 0 Å². The molecule has 160 valence electrons. The fraction of sp³-hybridized carbons (Fsp3) is 0.333. The van der Waals surface area contributed by atoms with Gasteiger partial charge in [0.25, 0.3) is 0 Å². The summed E-state index contributed by atoms with van der Waals surface area (Å²) in [5, 5.41) is 15.1. The molecule has 31 heavy (non-hydrogen) atoms. The van der Waals surface area contributed by atoms with Crippen LogP contribution in [0.3, 0.4) is 0 Å². The maximum Gasteiger partial charge on any atom is 0.408 e. The molecule has 2 heterocycles. The van der Waals surface area contributed by atoms with Gasteiger partial charge in [0, 0.05) is 29.2 Å². The average Bonchev–Trinajstić information content (AvgIpc) is 2.71. The first-order chi connectivity index (χ1) is 14.7. The smallest absolute Gasteiger partial charge is 0.408 e. The van der Waals surface area contributed by atoms with Crippen molar-refractivity contribution >= 4 is 17.7 Å². The number of benzene rings is 1. The fourth-order valence-corrected chi connectivity index (χ4v) is 3.25. The summed E-state index contributed by atoms with van der Waals surface area (Å²) in [5.74, 6) is -0.578. The largest absolute Gasteiger partial charge is 0.444 e. The number of alkyl carbamates (subject to hydrolysis) is 1. The van der Waals surface area contributed by atoms with E-state index in [2.05, 4.69) is 21.7 Å². The zero-order valence-corrected chi connectivity index (χ0v) is 18.1. The molecule has 2 bridgehead atoms. The molecular formula is C24H26N4O3. The van der Waals surface area contributed by atoms with E-state index in [-0.39, 0.29) is 11.9 Å². The summed E-state index contributed by atoms with van der Waals surface area (Å²) in [6, 6.07) is 8.78. The Bertz CT molecular complexity index is 1060. The van der Waals surface area contributed by atoms with Gasteiger partial charge < -0.3 is 15.4 Å². The van der Waals surface area contributed by atoms with E-state index in [1.807, 2.05) is 32.9 Å². The fourth-order valence-electron chi connectivity index (χ4n) is 3.25. The highest BCUT2D eigenvalue weighted by atomic mass is 16.6. The van der Waals surface area contributed by atoms with Gasteiger partial charge in [0.05, 0.1) is 23.6 Å². The predicted octanol–water partition coefficient (Wildman–Crippen LogP) is 4.72. The van der Waals surface area contributed by atoms with Gasteiger partial charge in [-0.15, -0.1) is 0 Å². The maximum absolute atomic E-state index is 12.7. The number of fused-ring (bicyclic) bond motifs is 4. The molecule has 0 fully saturated rings. The van der Waals surface area contributed by atoms with Gasteiger partial charge in [0.15, 0.2) is 0 Å². The number of carbonyl (C=O) groups is 2. The van der Waals surface area contributed by atoms with E-state index < -0.39 is 17.6 Å². The molecule has 2 amide bonds. The highest BCUT2D eigenvalue weighted by Crippen LogP contribution is 2.32. The molecule has 0 saturated heterocycles. The Labute approximate surface area is 182 Å². The van der Waals surface area contributed by atoms with Crippen molar-refractivity contribution < 1.29 is 14.3 Å². The first-order valence-electron chi connectivity index (χ1n) is 10.1. The highest BCUT2D eigenvalue weighted by Gasteiger charge is 2.22. The highest BCUT2D eigenvalue weighted by molar-refractivity contribution is 5.97. The van der Waals surface area contributed by atoms with Crippen molar-refractivity contribution in [3.8, 4) is 17.2 Å². The number of nitrogens with one attached hydrogen (secondary N) is 2. The minimum atomic E-state index is -0.616. The van der Waals surface area contributed by atoms with Crippen LogP contribution in [0.2, 0.25) is 0 Å². The number of amides is 2. The van der Waals surface area contributed by atoms with E-state index in [0.29, 0.717) is 17.7 Å². The van der Waals surface area contributed by atoms with Crippen LogP contribution in [0.25, 0.3) is 11.1 Å². The van der Waals surface area contributed by atoms with Crippen molar-refractivity contribution in [3.63, 3.8) is 0 Å². The van der Waals surface area contributed by atoms with Crippen molar-refractivity contribution in [1.82, 2.24) is 10.3 Å². The summed E-state index contributed by atoms with van der Waals surface area (Å²) >= 11 is 0. The third-order valence-electron chi connectivity index (χ3n) is 4.78. The molecule has 1 aliphatic heterocycles. The number of hydrogen-bond donors (Lipinski definition) is 2. The van der Waals surface area contributed by atoms with E-state index >= 15 is 0 Å². The number of aromatic nitrogens is 1. The van der Waals surface area contributed by atoms with E-state index in [9.17, 15) is 14.9 Å². The van der Waals surface area contributed by atoms with Crippen LogP contribution in [0.4, 0.5) is 10.5 Å². The Morgan fingerprint density at radius 1 is 1.29 bits per heavy atom. The molecule has 0 aliphatic carbocycles. The molecule has 0 saturated carbocycles. The Kier molecular flexibility index (Phi) is 6.40. The monoisotopic (exact) mass is 418 g/mol. The summed E-state index contributed by atoms with van der Waals surface area (Å²) < 4.78 is 5.42. The summed E-state index contributed by atoms with van der Waals surface area (Å²) in [6.45, 7) is 7.22. The van der Waals surface area contributed by atoms with E-state index in [0.717, 1.165) is 16.7 Å². The molecule has 0 radical (unpaired) electrons. The van der Waals surface area contributed by atoms with Crippen molar-refractivity contribution in [3.05, 3.63) is 59.9 Å². The van der Waals surface area contributed by atoms with Gasteiger partial charge >= 0.3 is 6.09 Å². The van der Waals surface area contributed by atoms with Gasteiger partial charge in [-0.3, -0.25) is 9.78 Å². The van der Waals surface area contributed by atoms with Gasteiger partial charge in [0.2, 0.25) is 5.91 Å². The van der Waals surface area contributed by atoms with Crippen molar-refractivity contribution in [2.24, 2.45) is 5.92 Å². The molecule has 0 unspecified atom stereocenters. The predicted molar refractivity (Wildman–Crippen MR) is 118 cm³/mol. The molecule has 7 nitrogen and oxygen atoms in total. The normalized spacial score (nSPS) is 19.5. The van der Waals surface area contributed by atoms with Crippen molar-refractivity contribution in [2.75, 3.05) is 5.32 Å². The van der Waals surface area contributed by atoms with Crippen LogP contribution in [0.1, 0.15) is 51.3 Å². The second-order valence-corrected chi connectivity index (χ2v) is 8.52. The Morgan fingerprint density at radius 3 is 2.77 bits per heavy atom. The molecule has 2 N–H and O–H groups in total. The van der Waals surface area contributed by atoms with E-state index in [1.54, 1.807) is 43.6 Å². The number of rotatable bonds is 1. The lowest BCUT2D eigenvalue weighted by Gasteiger charge is -2.24. The first-order valence-corrected chi connectivity index (χ1v) is 10.1. The Balaban J connectivity index is 2.06. The summed E-state index contributed by atoms with van der Waals surface area (Å²) in [7, 11) is 0. The van der Waals surface area contributed by atoms with Crippen LogP contribution >= 0.6 is 0 Å². The van der Waals surface area contributed by atoms with Gasteiger partial charge in [-0.2, -0.15) is 5.26 Å². The maximum atomic E-state index is 12.7. The number of nitriles is 1. The quantitative estimate of drug-likeness (QED) is 0.652. The molecule has 1 aliphatic rings. The number of pyridine rings is 1. The van der Waals surface area contributed by atoms with Gasteiger partial charge in [0.1, 0.15) is 5.60 Å². The molecule has 1 aromatic carbocycles. The summed E-state index contributed by atoms with van der Waals surface area (Å²) in [4.78, 5) is 29.4. The third-order valence-corrected chi connectivity index (χ3v) is 4.78. The molecule has 1 aromatic heterocycles. The molecular weight excluding hydrogens is 392 g/mol. The lowest BCUT2D eigenvalue weighted by atomic mass is 9.97. The number of carbonyl (C=O) groups excluding carboxylic acids is 2. The molecule has 2 atom stereocenters. The number of ether oxygens (including phenoxy) is 1. The van der Waals surface area contributed by atoms with E-state index in [4.69, 9.17) is 4.74 Å². The van der Waals surface area contributed by atoms with Gasteiger partial charge in [-0.25, -0.2) is 4.79 Å².